The molecule has 0 bridgehead atoms. The zero-order chi connectivity index (χ0) is 15.2. The molecule has 0 radical (unpaired) electrons. The summed E-state index contributed by atoms with van der Waals surface area (Å²) in [4.78, 5) is 12.4. The van der Waals surface area contributed by atoms with E-state index in [1.54, 1.807) is 0 Å². The zero-order valence-electron chi connectivity index (χ0n) is 13.9. The number of carbonyl (C=O) groups excluding carboxylic acids is 1. The number of carbonyl (C=O) groups is 1. The van der Waals surface area contributed by atoms with Gasteiger partial charge in [-0.15, -0.1) is 0 Å². The maximum atomic E-state index is 12.4. The third-order valence-corrected chi connectivity index (χ3v) is 5.91. The van der Waals surface area contributed by atoms with Crippen molar-refractivity contribution in [1.29, 1.82) is 0 Å². The highest BCUT2D eigenvalue weighted by molar-refractivity contribution is 7.99. The Labute approximate surface area is 129 Å². The summed E-state index contributed by atoms with van der Waals surface area (Å²) < 4.78 is 5.61. The predicted octanol–water partition coefficient (Wildman–Crippen LogP) is 4.91. The van der Waals surface area contributed by atoms with Gasteiger partial charge in [-0.3, -0.25) is 4.79 Å². The molecule has 3 unspecified atom stereocenters. The molecule has 3 atom stereocenters. The van der Waals surface area contributed by atoms with Gasteiger partial charge < -0.3 is 4.74 Å². The molecule has 0 spiro atoms. The van der Waals surface area contributed by atoms with Crippen molar-refractivity contribution in [2.45, 2.75) is 71.5 Å². The van der Waals surface area contributed by atoms with Gasteiger partial charge in [0.2, 0.25) is 0 Å². The second-order valence-electron chi connectivity index (χ2n) is 6.94. The van der Waals surface area contributed by atoms with Crippen LogP contribution in [-0.4, -0.2) is 24.1 Å². The molecule has 1 aliphatic rings. The fourth-order valence-electron chi connectivity index (χ4n) is 3.61. The maximum absolute atomic E-state index is 12.4. The first-order valence-corrected chi connectivity index (χ1v) is 9.40. The van der Waals surface area contributed by atoms with Crippen LogP contribution >= 0.6 is 11.8 Å². The molecule has 20 heavy (non-hydrogen) atoms. The van der Waals surface area contributed by atoms with E-state index in [9.17, 15) is 4.79 Å². The molecule has 118 valence electrons. The largest absolute Gasteiger partial charge is 0.465 e. The molecular weight excluding hydrogens is 268 g/mol. The van der Waals surface area contributed by atoms with E-state index in [2.05, 4.69) is 34.0 Å². The minimum absolute atomic E-state index is 0.0403. The topological polar surface area (TPSA) is 26.3 Å². The average Bonchev–Trinajstić information content (AvgIpc) is 2.36. The van der Waals surface area contributed by atoms with E-state index in [1.165, 1.54) is 19.3 Å². The Morgan fingerprint density at radius 2 is 2.10 bits per heavy atom. The van der Waals surface area contributed by atoms with Gasteiger partial charge in [0.1, 0.15) is 0 Å². The monoisotopic (exact) mass is 300 g/mol. The van der Waals surface area contributed by atoms with E-state index in [0.29, 0.717) is 17.8 Å². The summed E-state index contributed by atoms with van der Waals surface area (Å²) >= 11 is 1.89. The van der Waals surface area contributed by atoms with E-state index >= 15 is 0 Å². The van der Waals surface area contributed by atoms with Crippen LogP contribution in [0.4, 0.5) is 0 Å². The molecule has 0 aromatic rings. The number of hydrogen-bond acceptors (Lipinski definition) is 3. The number of hydrogen-bond donors (Lipinski definition) is 0. The van der Waals surface area contributed by atoms with Crippen molar-refractivity contribution in [2.75, 3.05) is 12.9 Å². The molecule has 0 amide bonds. The van der Waals surface area contributed by atoms with Crippen molar-refractivity contribution in [3.8, 4) is 0 Å². The second-order valence-corrected chi connectivity index (χ2v) is 8.08. The molecule has 1 saturated carbocycles. The van der Waals surface area contributed by atoms with E-state index in [-0.39, 0.29) is 17.3 Å². The number of esters is 1. The standard InChI is InChI=1S/C17H32O2S/c1-6-8-14(20-5)10-12-19-16(18)15-13(2)9-7-11-17(15,3)4/h13-15H,6-12H2,1-5H3. The lowest BCUT2D eigenvalue weighted by molar-refractivity contribution is -0.157. The lowest BCUT2D eigenvalue weighted by Gasteiger charge is -2.41. The maximum Gasteiger partial charge on any atom is 0.309 e. The molecule has 0 aromatic heterocycles. The third kappa shape index (κ3) is 4.98. The summed E-state index contributed by atoms with van der Waals surface area (Å²) in [6.07, 6.45) is 9.09. The van der Waals surface area contributed by atoms with Crippen LogP contribution < -0.4 is 0 Å². The fourth-order valence-corrected chi connectivity index (χ4v) is 4.41. The van der Waals surface area contributed by atoms with Crippen LogP contribution in [-0.2, 0) is 9.53 Å². The fraction of sp³-hybridized carbons (Fsp3) is 0.941. The lowest BCUT2D eigenvalue weighted by Crippen LogP contribution is -2.40. The van der Waals surface area contributed by atoms with E-state index < -0.39 is 0 Å². The minimum atomic E-state index is 0.0403. The average molecular weight is 301 g/mol. The molecule has 0 N–H and O–H groups in total. The summed E-state index contributed by atoms with van der Waals surface area (Å²) in [6.45, 7) is 9.44. The summed E-state index contributed by atoms with van der Waals surface area (Å²) in [5, 5.41) is 0.629. The van der Waals surface area contributed by atoms with Gasteiger partial charge in [-0.05, 0) is 43.3 Å². The molecule has 0 saturated heterocycles. The lowest BCUT2D eigenvalue weighted by atomic mass is 9.64. The number of ether oxygens (including phenoxy) is 1. The second kappa shape index (κ2) is 8.31. The van der Waals surface area contributed by atoms with Crippen molar-refractivity contribution in [3.63, 3.8) is 0 Å². The Morgan fingerprint density at radius 1 is 1.40 bits per heavy atom. The van der Waals surface area contributed by atoms with Crippen LogP contribution in [0.1, 0.15) is 66.2 Å². The normalized spacial score (nSPS) is 27.1. The Kier molecular flexibility index (Phi) is 7.42. The van der Waals surface area contributed by atoms with Crippen molar-refractivity contribution in [3.05, 3.63) is 0 Å². The molecule has 1 rings (SSSR count). The Morgan fingerprint density at radius 3 is 2.65 bits per heavy atom. The molecule has 1 aliphatic carbocycles. The van der Waals surface area contributed by atoms with Gasteiger partial charge in [-0.1, -0.05) is 40.5 Å². The summed E-state index contributed by atoms with van der Waals surface area (Å²) in [5.41, 5.74) is 0.0943. The highest BCUT2D eigenvalue weighted by atomic mass is 32.2. The van der Waals surface area contributed by atoms with Gasteiger partial charge in [-0.2, -0.15) is 11.8 Å². The van der Waals surface area contributed by atoms with Crippen LogP contribution in [0.25, 0.3) is 0 Å². The van der Waals surface area contributed by atoms with Crippen LogP contribution in [0.5, 0.6) is 0 Å². The van der Waals surface area contributed by atoms with Gasteiger partial charge in [0.15, 0.2) is 0 Å². The Balaban J connectivity index is 2.45. The Hall–Kier alpha value is -0.180. The van der Waals surface area contributed by atoms with Crippen molar-refractivity contribution < 1.29 is 9.53 Å². The van der Waals surface area contributed by atoms with Crippen LogP contribution in [0, 0.1) is 17.3 Å². The predicted molar refractivity (Wildman–Crippen MR) is 88.1 cm³/mol. The molecule has 3 heteroatoms. The first kappa shape index (κ1) is 17.9. The molecule has 0 aromatic carbocycles. The zero-order valence-corrected chi connectivity index (χ0v) is 14.7. The summed E-state index contributed by atoms with van der Waals surface area (Å²) in [6, 6.07) is 0. The molecule has 2 nitrogen and oxygen atoms in total. The van der Waals surface area contributed by atoms with Gasteiger partial charge >= 0.3 is 5.97 Å². The molecule has 1 fully saturated rings. The van der Waals surface area contributed by atoms with E-state index in [4.69, 9.17) is 4.74 Å². The molecule has 0 heterocycles. The van der Waals surface area contributed by atoms with Gasteiger partial charge in [-0.25, -0.2) is 0 Å². The third-order valence-electron chi connectivity index (χ3n) is 4.77. The van der Waals surface area contributed by atoms with Crippen LogP contribution in [0.15, 0.2) is 0 Å². The molecular formula is C17H32O2S. The summed E-state index contributed by atoms with van der Waals surface area (Å²) in [5.74, 6) is 0.576. The molecule has 0 aliphatic heterocycles. The van der Waals surface area contributed by atoms with Crippen LogP contribution in [0.2, 0.25) is 0 Å². The van der Waals surface area contributed by atoms with E-state index in [0.717, 1.165) is 19.3 Å². The number of thioether (sulfide) groups is 1. The highest BCUT2D eigenvalue weighted by Crippen LogP contribution is 2.44. The highest BCUT2D eigenvalue weighted by Gasteiger charge is 2.42. The van der Waals surface area contributed by atoms with Gasteiger partial charge in [0.05, 0.1) is 12.5 Å². The van der Waals surface area contributed by atoms with Crippen molar-refractivity contribution in [1.82, 2.24) is 0 Å². The van der Waals surface area contributed by atoms with Gasteiger partial charge in [0.25, 0.3) is 0 Å². The van der Waals surface area contributed by atoms with Crippen molar-refractivity contribution >= 4 is 17.7 Å². The van der Waals surface area contributed by atoms with Crippen molar-refractivity contribution in [2.24, 2.45) is 17.3 Å². The first-order valence-electron chi connectivity index (χ1n) is 8.11. The minimum Gasteiger partial charge on any atom is -0.465 e. The SMILES string of the molecule is CCCC(CCOC(=O)C1C(C)CCCC1(C)C)SC. The first-order chi connectivity index (χ1) is 9.42. The Bertz CT molecular complexity index is 301. The van der Waals surface area contributed by atoms with Gasteiger partial charge in [0, 0.05) is 5.25 Å². The number of rotatable bonds is 7. The quantitative estimate of drug-likeness (QED) is 0.625. The van der Waals surface area contributed by atoms with E-state index in [1.807, 2.05) is 11.8 Å². The smallest absolute Gasteiger partial charge is 0.309 e. The van der Waals surface area contributed by atoms with Crippen LogP contribution in [0.3, 0.4) is 0 Å². The summed E-state index contributed by atoms with van der Waals surface area (Å²) in [7, 11) is 0.